The van der Waals surface area contributed by atoms with Crippen LogP contribution in [0.15, 0.2) is 21.4 Å². The first kappa shape index (κ1) is 15.0. The Hall–Kier alpha value is -1.89. The molecule has 0 spiro atoms. The maximum absolute atomic E-state index is 13.0. The maximum atomic E-state index is 13.0. The zero-order valence-corrected chi connectivity index (χ0v) is 13.2. The lowest BCUT2D eigenvalue weighted by Gasteiger charge is -2.20. The van der Waals surface area contributed by atoms with Gasteiger partial charge in [-0.1, -0.05) is 33.1 Å². The highest BCUT2D eigenvalue weighted by atomic mass is 16.4. The van der Waals surface area contributed by atoms with E-state index in [0.717, 1.165) is 42.5 Å². The number of nitrogens with one attached hydrogen (secondary N) is 1. The predicted molar refractivity (Wildman–Crippen MR) is 82.9 cm³/mol. The van der Waals surface area contributed by atoms with Crippen LogP contribution < -0.4 is 5.32 Å². The summed E-state index contributed by atoms with van der Waals surface area (Å²) in [7, 11) is 0. The summed E-state index contributed by atoms with van der Waals surface area (Å²) in [5, 5.41) is 2.89. The highest BCUT2D eigenvalue weighted by Crippen LogP contribution is 2.37. The van der Waals surface area contributed by atoms with Gasteiger partial charge in [-0.3, -0.25) is 0 Å². The zero-order valence-electron chi connectivity index (χ0n) is 13.2. The first-order chi connectivity index (χ1) is 10.7. The topological polar surface area (TPSA) is 73.9 Å². The molecule has 0 aliphatic carbocycles. The maximum Gasteiger partial charge on any atom is 0.394 e. The van der Waals surface area contributed by atoms with Crippen LogP contribution in [-0.4, -0.2) is 46.7 Å². The van der Waals surface area contributed by atoms with Crippen molar-refractivity contribution < 1.29 is 14.3 Å². The van der Waals surface area contributed by atoms with E-state index in [2.05, 4.69) is 29.1 Å². The number of rotatable bonds is 6. The lowest BCUT2D eigenvalue weighted by atomic mass is 10.1. The summed E-state index contributed by atoms with van der Waals surface area (Å²) in [6, 6.07) is -0.386. The Balaban J connectivity index is 2.00. The number of amides is 1. The quantitative estimate of drug-likeness (QED) is 0.599. The molecule has 0 radical (unpaired) electrons. The van der Waals surface area contributed by atoms with Crippen molar-refractivity contribution in [3.63, 3.8) is 0 Å². The van der Waals surface area contributed by atoms with Crippen molar-refractivity contribution in [2.45, 2.75) is 52.0 Å². The molecular formula is C15H23N5O2+2. The van der Waals surface area contributed by atoms with E-state index in [1.54, 1.807) is 0 Å². The average molecular weight is 305 g/mol. The van der Waals surface area contributed by atoms with Gasteiger partial charge in [0.15, 0.2) is 22.8 Å². The molecule has 7 heteroatoms. The molecule has 0 aromatic carbocycles. The van der Waals surface area contributed by atoms with Crippen molar-refractivity contribution in [1.82, 2.24) is 5.32 Å². The van der Waals surface area contributed by atoms with Crippen LogP contribution >= 0.6 is 0 Å². The normalized spacial score (nSPS) is 29.5. The van der Waals surface area contributed by atoms with Gasteiger partial charge in [0, 0.05) is 6.42 Å². The predicted octanol–water partition coefficient (Wildman–Crippen LogP) is 1.65. The Morgan fingerprint density at radius 1 is 1.36 bits per heavy atom. The average Bonchev–Trinajstić information content (AvgIpc) is 2.96. The summed E-state index contributed by atoms with van der Waals surface area (Å²) in [4.78, 5) is 35.5. The SMILES string of the molecule is CCCCC1N=C2C3=C(NC=NC3)[N+](=O)[N+]2(CCCC)C1=O. The Bertz CT molecular complexity index is 607. The van der Waals surface area contributed by atoms with E-state index in [-0.39, 0.29) is 16.5 Å². The van der Waals surface area contributed by atoms with E-state index in [9.17, 15) is 9.70 Å². The fourth-order valence-corrected chi connectivity index (χ4v) is 3.33. The monoisotopic (exact) mass is 305 g/mol. The number of aliphatic imine (C=N–C) groups is 2. The molecular weight excluding hydrogens is 282 g/mol. The van der Waals surface area contributed by atoms with Crippen molar-refractivity contribution in [2.75, 3.05) is 13.1 Å². The van der Waals surface area contributed by atoms with Crippen LogP contribution in [0.3, 0.4) is 0 Å². The van der Waals surface area contributed by atoms with Gasteiger partial charge in [0.1, 0.15) is 6.54 Å². The van der Waals surface area contributed by atoms with Gasteiger partial charge in [-0.05, 0) is 15.9 Å². The highest BCUT2D eigenvalue weighted by Gasteiger charge is 2.68. The largest absolute Gasteiger partial charge is 0.394 e. The number of nitrogens with zero attached hydrogens (tertiary/aromatic N) is 4. The van der Waals surface area contributed by atoms with Crippen molar-refractivity contribution in [3.8, 4) is 0 Å². The molecule has 0 saturated heterocycles. The molecule has 2 unspecified atom stereocenters. The summed E-state index contributed by atoms with van der Waals surface area (Å²) < 4.78 is -0.288. The van der Waals surface area contributed by atoms with E-state index in [1.165, 1.54) is 6.34 Å². The lowest BCUT2D eigenvalue weighted by molar-refractivity contribution is -1.22. The molecule has 7 nitrogen and oxygen atoms in total. The van der Waals surface area contributed by atoms with Crippen LogP contribution in [0.2, 0.25) is 0 Å². The van der Waals surface area contributed by atoms with Gasteiger partial charge in [0.25, 0.3) is 5.84 Å². The number of carbonyl (C=O) groups excluding carboxylic acids is 1. The van der Waals surface area contributed by atoms with Gasteiger partial charge in [0.2, 0.25) is 0 Å². The lowest BCUT2D eigenvalue weighted by Crippen LogP contribution is -2.58. The van der Waals surface area contributed by atoms with Gasteiger partial charge in [-0.25, -0.2) is 20.1 Å². The summed E-state index contributed by atoms with van der Waals surface area (Å²) in [5.41, 5.74) is 0.779. The minimum Gasteiger partial charge on any atom is -0.249 e. The molecule has 3 aliphatic heterocycles. The minimum atomic E-state index is -0.386. The van der Waals surface area contributed by atoms with Crippen molar-refractivity contribution >= 4 is 18.1 Å². The van der Waals surface area contributed by atoms with E-state index < -0.39 is 0 Å². The molecule has 0 saturated carbocycles. The molecule has 0 fully saturated rings. The molecule has 3 heterocycles. The van der Waals surface area contributed by atoms with Crippen LogP contribution in [-0.2, 0) is 4.79 Å². The second kappa shape index (κ2) is 5.72. The fraction of sp³-hybridized carbons (Fsp3) is 0.667. The summed E-state index contributed by atoms with van der Waals surface area (Å²) in [6.07, 6.45) is 5.95. The third kappa shape index (κ3) is 1.95. The molecule has 118 valence electrons. The smallest absolute Gasteiger partial charge is 0.249 e. The number of carbonyl (C=O) groups is 1. The van der Waals surface area contributed by atoms with E-state index in [0.29, 0.717) is 24.7 Å². The molecule has 3 rings (SSSR count). The standard InChI is InChI=1S/C15H23N5O2/c1-3-5-7-12-15(21)20(8-6-4-2)14(18-12)11-9-16-10-17-13(11)19(20)22/h10,12H,3-9H2,1-2H3,(H,16,17)/q+2. The number of hydrogen-bond acceptors (Lipinski definition) is 5. The Morgan fingerprint density at radius 3 is 2.86 bits per heavy atom. The Kier molecular flexibility index (Phi) is 3.90. The van der Waals surface area contributed by atoms with Gasteiger partial charge >= 0.3 is 11.7 Å². The number of hydrogen-bond donors (Lipinski definition) is 1. The van der Waals surface area contributed by atoms with E-state index in [4.69, 9.17) is 0 Å². The third-order valence-corrected chi connectivity index (χ3v) is 4.54. The van der Waals surface area contributed by atoms with Crippen molar-refractivity contribution in [2.24, 2.45) is 9.98 Å². The van der Waals surface area contributed by atoms with E-state index in [1.807, 2.05) is 0 Å². The van der Waals surface area contributed by atoms with Crippen LogP contribution in [0.5, 0.6) is 0 Å². The van der Waals surface area contributed by atoms with Crippen molar-refractivity contribution in [1.29, 1.82) is 0 Å². The molecule has 3 aliphatic rings. The molecule has 1 amide bonds. The Labute approximate surface area is 129 Å². The Morgan fingerprint density at radius 2 is 2.14 bits per heavy atom. The molecule has 0 aromatic heterocycles. The van der Waals surface area contributed by atoms with Crippen LogP contribution in [0, 0.1) is 4.91 Å². The van der Waals surface area contributed by atoms with Gasteiger partial charge in [-0.15, -0.1) is 0 Å². The summed E-state index contributed by atoms with van der Waals surface area (Å²) in [5.74, 6) is 0.976. The second-order valence-electron chi connectivity index (χ2n) is 6.01. The summed E-state index contributed by atoms with van der Waals surface area (Å²) >= 11 is 0. The number of amidine groups is 1. The number of unbranched alkanes of at least 4 members (excludes halogenated alkanes) is 2. The zero-order chi connectivity index (χ0) is 15.7. The first-order valence-electron chi connectivity index (χ1n) is 8.13. The summed E-state index contributed by atoms with van der Waals surface area (Å²) in [6.45, 7) is 5.05. The number of nitroso groups, excluding NO2 is 1. The molecule has 0 aromatic rings. The molecule has 2 atom stereocenters. The van der Waals surface area contributed by atoms with Crippen LogP contribution in [0.4, 0.5) is 0 Å². The van der Waals surface area contributed by atoms with Crippen LogP contribution in [0.25, 0.3) is 0 Å². The molecule has 0 bridgehead atoms. The third-order valence-electron chi connectivity index (χ3n) is 4.54. The van der Waals surface area contributed by atoms with Gasteiger partial charge in [0.05, 0.1) is 6.54 Å². The minimum absolute atomic E-state index is 0.0805. The van der Waals surface area contributed by atoms with Gasteiger partial charge in [-0.2, -0.15) is 0 Å². The first-order valence-corrected chi connectivity index (χ1v) is 8.13. The van der Waals surface area contributed by atoms with Crippen molar-refractivity contribution in [3.05, 3.63) is 16.3 Å². The van der Waals surface area contributed by atoms with Gasteiger partial charge < -0.3 is 0 Å². The number of fused-ring (bicyclic) bond motifs is 2. The molecule has 22 heavy (non-hydrogen) atoms. The number of quaternary nitrogens is 1. The van der Waals surface area contributed by atoms with E-state index >= 15 is 0 Å². The fourth-order valence-electron chi connectivity index (χ4n) is 3.33. The molecule has 1 N–H and O–H groups in total. The van der Waals surface area contributed by atoms with Crippen LogP contribution in [0.1, 0.15) is 46.0 Å². The highest BCUT2D eigenvalue weighted by molar-refractivity contribution is 6.06. The second-order valence-corrected chi connectivity index (χ2v) is 6.01.